The van der Waals surface area contributed by atoms with Crippen LogP contribution in [0.15, 0.2) is 0 Å². The molecule has 0 radical (unpaired) electrons. The molecule has 1 N–H and O–H groups in total. The Bertz CT molecular complexity index is 158. The van der Waals surface area contributed by atoms with Crippen molar-refractivity contribution in [1.29, 1.82) is 0 Å². The van der Waals surface area contributed by atoms with Gasteiger partial charge in [0, 0.05) is 17.3 Å². The average molecular weight is 215 g/mol. The van der Waals surface area contributed by atoms with Gasteiger partial charge in [-0.2, -0.15) is 11.8 Å². The van der Waals surface area contributed by atoms with Crippen molar-refractivity contribution in [2.24, 2.45) is 5.92 Å². The van der Waals surface area contributed by atoms with Crippen LogP contribution in [-0.2, 0) is 0 Å². The lowest BCUT2D eigenvalue weighted by molar-refractivity contribution is 0.392. The van der Waals surface area contributed by atoms with Gasteiger partial charge in [0.1, 0.15) is 0 Å². The Morgan fingerprint density at radius 1 is 1.29 bits per heavy atom. The second kappa shape index (κ2) is 6.02. The minimum Gasteiger partial charge on any atom is -0.311 e. The number of hydrogen-bond acceptors (Lipinski definition) is 2. The highest BCUT2D eigenvalue weighted by molar-refractivity contribution is 7.99. The van der Waals surface area contributed by atoms with E-state index in [1.807, 2.05) is 11.8 Å². The quantitative estimate of drug-likeness (QED) is 0.755. The molecule has 1 aliphatic rings. The summed E-state index contributed by atoms with van der Waals surface area (Å²) >= 11 is 2.04. The molecule has 0 aliphatic heterocycles. The zero-order valence-corrected chi connectivity index (χ0v) is 10.9. The Morgan fingerprint density at radius 3 is 2.50 bits per heavy atom. The predicted octanol–water partition coefficient (Wildman–Crippen LogP) is 3.29. The molecule has 1 rings (SSSR count). The highest BCUT2D eigenvalue weighted by Gasteiger charge is 2.24. The molecule has 0 bridgehead atoms. The van der Waals surface area contributed by atoms with Gasteiger partial charge in [-0.05, 0) is 44.8 Å². The first-order chi connectivity index (χ1) is 6.61. The maximum absolute atomic E-state index is 3.76. The Hall–Kier alpha value is 0.310. The van der Waals surface area contributed by atoms with Gasteiger partial charge in [-0.3, -0.25) is 0 Å². The third kappa shape index (κ3) is 4.22. The van der Waals surface area contributed by atoms with Gasteiger partial charge in [-0.25, -0.2) is 0 Å². The highest BCUT2D eigenvalue weighted by atomic mass is 32.2. The molecule has 0 aromatic heterocycles. The fourth-order valence-corrected chi connectivity index (χ4v) is 3.28. The Balaban J connectivity index is 2.18. The maximum Gasteiger partial charge on any atom is 0.00804 e. The molecule has 3 atom stereocenters. The van der Waals surface area contributed by atoms with E-state index in [9.17, 15) is 0 Å². The van der Waals surface area contributed by atoms with E-state index in [4.69, 9.17) is 0 Å². The van der Waals surface area contributed by atoms with E-state index in [1.54, 1.807) is 0 Å². The SMILES string of the molecule is CSC1CCC(NC(C)CC(C)C)C1. The van der Waals surface area contributed by atoms with Crippen LogP contribution in [0.5, 0.6) is 0 Å². The number of rotatable bonds is 5. The summed E-state index contributed by atoms with van der Waals surface area (Å²) in [5.74, 6) is 0.815. The third-order valence-electron chi connectivity index (χ3n) is 3.06. The molecule has 0 heterocycles. The van der Waals surface area contributed by atoms with Crippen LogP contribution in [0.2, 0.25) is 0 Å². The summed E-state index contributed by atoms with van der Waals surface area (Å²) in [4.78, 5) is 0. The summed E-state index contributed by atoms with van der Waals surface area (Å²) in [5, 5.41) is 4.68. The highest BCUT2D eigenvalue weighted by Crippen LogP contribution is 2.28. The van der Waals surface area contributed by atoms with Gasteiger partial charge in [0.05, 0.1) is 0 Å². The Kier molecular flexibility index (Phi) is 5.32. The van der Waals surface area contributed by atoms with E-state index >= 15 is 0 Å². The molecule has 14 heavy (non-hydrogen) atoms. The van der Waals surface area contributed by atoms with Gasteiger partial charge in [0.15, 0.2) is 0 Å². The lowest BCUT2D eigenvalue weighted by atomic mass is 10.0. The molecule has 0 saturated heterocycles. The van der Waals surface area contributed by atoms with Gasteiger partial charge >= 0.3 is 0 Å². The average Bonchev–Trinajstić information content (AvgIpc) is 2.50. The van der Waals surface area contributed by atoms with Gasteiger partial charge in [0.2, 0.25) is 0 Å². The summed E-state index contributed by atoms with van der Waals surface area (Å²) < 4.78 is 0. The molecule has 0 amide bonds. The lowest BCUT2D eigenvalue weighted by Gasteiger charge is -2.21. The molecule has 0 aromatic carbocycles. The zero-order chi connectivity index (χ0) is 10.6. The molecule has 1 fully saturated rings. The number of hydrogen-bond donors (Lipinski definition) is 1. The molecule has 0 aromatic rings. The first-order valence-electron chi connectivity index (χ1n) is 5.90. The van der Waals surface area contributed by atoms with Crippen molar-refractivity contribution >= 4 is 11.8 Å². The van der Waals surface area contributed by atoms with Crippen LogP contribution in [0.3, 0.4) is 0 Å². The molecule has 0 spiro atoms. The van der Waals surface area contributed by atoms with Crippen LogP contribution < -0.4 is 5.32 Å². The van der Waals surface area contributed by atoms with Crippen molar-refractivity contribution in [3.63, 3.8) is 0 Å². The molecule has 1 aliphatic carbocycles. The van der Waals surface area contributed by atoms with E-state index < -0.39 is 0 Å². The molecule has 1 nitrogen and oxygen atoms in total. The Labute approximate surface area is 93.4 Å². The summed E-state index contributed by atoms with van der Waals surface area (Å²) in [5.41, 5.74) is 0. The van der Waals surface area contributed by atoms with Gasteiger partial charge in [-0.1, -0.05) is 13.8 Å². The minimum atomic E-state index is 0.695. The van der Waals surface area contributed by atoms with Crippen molar-refractivity contribution in [2.45, 2.75) is 63.8 Å². The van der Waals surface area contributed by atoms with Gasteiger partial charge in [0.25, 0.3) is 0 Å². The molecule has 1 saturated carbocycles. The fraction of sp³-hybridized carbons (Fsp3) is 1.00. The summed E-state index contributed by atoms with van der Waals surface area (Å²) in [7, 11) is 0. The normalized spacial score (nSPS) is 29.8. The first kappa shape index (κ1) is 12.4. The van der Waals surface area contributed by atoms with Crippen LogP contribution in [0.25, 0.3) is 0 Å². The fourth-order valence-electron chi connectivity index (χ4n) is 2.48. The van der Waals surface area contributed by atoms with E-state index in [0.717, 1.165) is 17.2 Å². The second-order valence-electron chi connectivity index (χ2n) is 5.06. The van der Waals surface area contributed by atoms with E-state index in [-0.39, 0.29) is 0 Å². The van der Waals surface area contributed by atoms with Crippen molar-refractivity contribution < 1.29 is 0 Å². The van der Waals surface area contributed by atoms with Crippen LogP contribution in [-0.4, -0.2) is 23.6 Å². The topological polar surface area (TPSA) is 12.0 Å². The smallest absolute Gasteiger partial charge is 0.00804 e. The lowest BCUT2D eigenvalue weighted by Crippen LogP contribution is -2.35. The minimum absolute atomic E-state index is 0.695. The van der Waals surface area contributed by atoms with Crippen LogP contribution in [0.1, 0.15) is 46.5 Å². The maximum atomic E-state index is 3.76. The van der Waals surface area contributed by atoms with Crippen molar-refractivity contribution in [3.05, 3.63) is 0 Å². The Morgan fingerprint density at radius 2 is 2.00 bits per heavy atom. The summed E-state index contributed by atoms with van der Waals surface area (Å²) in [6.07, 6.45) is 7.72. The van der Waals surface area contributed by atoms with Gasteiger partial charge in [-0.15, -0.1) is 0 Å². The van der Waals surface area contributed by atoms with Crippen LogP contribution in [0, 0.1) is 5.92 Å². The molecular weight excluding hydrogens is 190 g/mol. The monoisotopic (exact) mass is 215 g/mol. The van der Waals surface area contributed by atoms with Gasteiger partial charge < -0.3 is 5.32 Å². The third-order valence-corrected chi connectivity index (χ3v) is 4.16. The van der Waals surface area contributed by atoms with Crippen LogP contribution >= 0.6 is 11.8 Å². The zero-order valence-electron chi connectivity index (χ0n) is 10.0. The standard InChI is InChI=1S/C12H25NS/c1-9(2)7-10(3)13-11-5-6-12(8-11)14-4/h9-13H,5-8H2,1-4H3. The second-order valence-corrected chi connectivity index (χ2v) is 6.20. The molecular formula is C12H25NS. The van der Waals surface area contributed by atoms with E-state index in [1.165, 1.54) is 25.7 Å². The summed E-state index contributed by atoms with van der Waals surface area (Å²) in [6, 6.07) is 1.49. The predicted molar refractivity (Wildman–Crippen MR) is 67.0 cm³/mol. The van der Waals surface area contributed by atoms with E-state index in [2.05, 4.69) is 32.3 Å². The largest absolute Gasteiger partial charge is 0.311 e. The van der Waals surface area contributed by atoms with E-state index in [0.29, 0.717) is 6.04 Å². The molecule has 2 heteroatoms. The molecule has 84 valence electrons. The number of nitrogens with one attached hydrogen (secondary N) is 1. The first-order valence-corrected chi connectivity index (χ1v) is 7.19. The molecule has 3 unspecified atom stereocenters. The number of thioether (sulfide) groups is 1. The van der Waals surface area contributed by atoms with Crippen molar-refractivity contribution in [2.75, 3.05) is 6.26 Å². The van der Waals surface area contributed by atoms with Crippen molar-refractivity contribution in [3.8, 4) is 0 Å². The summed E-state index contributed by atoms with van der Waals surface area (Å²) in [6.45, 7) is 6.93. The van der Waals surface area contributed by atoms with Crippen LogP contribution in [0.4, 0.5) is 0 Å². The van der Waals surface area contributed by atoms with Crippen molar-refractivity contribution in [1.82, 2.24) is 5.32 Å².